The van der Waals surface area contributed by atoms with E-state index >= 15 is 0 Å². The van der Waals surface area contributed by atoms with Gasteiger partial charge in [0.1, 0.15) is 5.52 Å². The van der Waals surface area contributed by atoms with Crippen LogP contribution < -0.4 is 5.32 Å². The van der Waals surface area contributed by atoms with Gasteiger partial charge in [-0.05, 0) is 30.9 Å². The molecule has 1 aromatic carbocycles. The highest BCUT2D eigenvalue weighted by Gasteiger charge is 2.13. The first-order valence-electron chi connectivity index (χ1n) is 6.33. The van der Waals surface area contributed by atoms with Crippen LogP contribution in [0.4, 0.5) is 5.95 Å². The Hall–Kier alpha value is -1.75. The van der Waals surface area contributed by atoms with Crippen LogP contribution in [0.2, 0.25) is 0 Å². The molecular formula is C13H16N4O. The van der Waals surface area contributed by atoms with Crippen LogP contribution in [-0.4, -0.2) is 34.9 Å². The quantitative estimate of drug-likeness (QED) is 0.893. The standard InChI is InChI=1S/C13H16N4O/c1-2-4-12-11(3-1)15-13(17-16-12)14-9-10-5-7-18-8-6-10/h1-4,10H,5-9H2,(H,14,15,17). The number of hydrogen-bond acceptors (Lipinski definition) is 5. The van der Waals surface area contributed by atoms with Gasteiger partial charge in [-0.25, -0.2) is 4.98 Å². The first-order chi connectivity index (χ1) is 8.92. The minimum atomic E-state index is 0.611. The van der Waals surface area contributed by atoms with E-state index in [1.54, 1.807) is 0 Å². The van der Waals surface area contributed by atoms with Gasteiger partial charge in [0, 0.05) is 19.8 Å². The Morgan fingerprint density at radius 2 is 1.89 bits per heavy atom. The van der Waals surface area contributed by atoms with Gasteiger partial charge in [-0.2, -0.15) is 0 Å². The van der Waals surface area contributed by atoms with E-state index in [4.69, 9.17) is 4.74 Å². The second-order valence-electron chi connectivity index (χ2n) is 4.56. The molecule has 1 saturated heterocycles. The number of nitrogens with one attached hydrogen (secondary N) is 1. The molecule has 0 radical (unpaired) electrons. The van der Waals surface area contributed by atoms with E-state index in [0.717, 1.165) is 43.6 Å². The molecule has 2 aromatic rings. The lowest BCUT2D eigenvalue weighted by Crippen LogP contribution is -2.23. The summed E-state index contributed by atoms with van der Waals surface area (Å²) >= 11 is 0. The van der Waals surface area contributed by atoms with E-state index in [2.05, 4.69) is 20.5 Å². The third-order valence-corrected chi connectivity index (χ3v) is 3.25. The van der Waals surface area contributed by atoms with Crippen LogP contribution in [0.15, 0.2) is 24.3 Å². The van der Waals surface area contributed by atoms with Gasteiger partial charge in [0.25, 0.3) is 0 Å². The molecule has 0 spiro atoms. The third-order valence-electron chi connectivity index (χ3n) is 3.25. The van der Waals surface area contributed by atoms with Gasteiger partial charge in [-0.1, -0.05) is 12.1 Å². The maximum Gasteiger partial charge on any atom is 0.243 e. The first-order valence-corrected chi connectivity index (χ1v) is 6.33. The Morgan fingerprint density at radius 3 is 2.72 bits per heavy atom. The predicted molar refractivity (Wildman–Crippen MR) is 69.4 cm³/mol. The Morgan fingerprint density at radius 1 is 1.11 bits per heavy atom. The van der Waals surface area contributed by atoms with Crippen molar-refractivity contribution in [2.24, 2.45) is 5.92 Å². The molecule has 0 atom stereocenters. The summed E-state index contributed by atoms with van der Waals surface area (Å²) in [4.78, 5) is 4.44. The van der Waals surface area contributed by atoms with Crippen molar-refractivity contribution in [2.75, 3.05) is 25.1 Å². The molecule has 18 heavy (non-hydrogen) atoms. The Bertz CT molecular complexity index is 525. The number of hydrogen-bond donors (Lipinski definition) is 1. The minimum Gasteiger partial charge on any atom is -0.381 e. The second-order valence-corrected chi connectivity index (χ2v) is 4.56. The summed E-state index contributed by atoms with van der Waals surface area (Å²) in [6.45, 7) is 2.62. The van der Waals surface area contributed by atoms with Crippen molar-refractivity contribution in [1.82, 2.24) is 15.2 Å². The lowest BCUT2D eigenvalue weighted by Gasteiger charge is -2.21. The number of aromatic nitrogens is 3. The number of benzene rings is 1. The normalized spacial score (nSPS) is 16.9. The monoisotopic (exact) mass is 244 g/mol. The van der Waals surface area contributed by atoms with E-state index in [1.807, 2.05) is 24.3 Å². The molecule has 2 heterocycles. The third kappa shape index (κ3) is 2.56. The zero-order valence-electron chi connectivity index (χ0n) is 10.2. The zero-order valence-corrected chi connectivity index (χ0v) is 10.2. The lowest BCUT2D eigenvalue weighted by atomic mass is 10.0. The zero-order chi connectivity index (χ0) is 12.2. The molecule has 1 aromatic heterocycles. The molecular weight excluding hydrogens is 228 g/mol. The SMILES string of the molecule is c1ccc2nc(NCC3CCOCC3)nnc2c1. The van der Waals surface area contributed by atoms with E-state index < -0.39 is 0 Å². The van der Waals surface area contributed by atoms with Crippen molar-refractivity contribution in [3.63, 3.8) is 0 Å². The highest BCUT2D eigenvalue weighted by atomic mass is 16.5. The molecule has 1 fully saturated rings. The maximum absolute atomic E-state index is 5.34. The molecule has 94 valence electrons. The van der Waals surface area contributed by atoms with Crippen molar-refractivity contribution in [3.05, 3.63) is 24.3 Å². The minimum absolute atomic E-state index is 0.611. The summed E-state index contributed by atoms with van der Waals surface area (Å²) in [6, 6.07) is 7.76. The highest BCUT2D eigenvalue weighted by molar-refractivity contribution is 5.73. The van der Waals surface area contributed by atoms with Crippen LogP contribution in [0.25, 0.3) is 11.0 Å². The molecule has 0 bridgehead atoms. The Kier molecular flexibility index (Phi) is 3.32. The molecule has 1 N–H and O–H groups in total. The highest BCUT2D eigenvalue weighted by Crippen LogP contribution is 2.15. The van der Waals surface area contributed by atoms with Gasteiger partial charge in [-0.3, -0.25) is 0 Å². The topological polar surface area (TPSA) is 59.9 Å². The van der Waals surface area contributed by atoms with Crippen LogP contribution in [0, 0.1) is 5.92 Å². The molecule has 0 amide bonds. The summed E-state index contributed by atoms with van der Waals surface area (Å²) in [5.41, 5.74) is 1.70. The second kappa shape index (κ2) is 5.27. The molecule has 1 aliphatic rings. The fourth-order valence-electron chi connectivity index (χ4n) is 2.14. The first kappa shape index (κ1) is 11.3. The number of rotatable bonds is 3. The smallest absolute Gasteiger partial charge is 0.243 e. The van der Waals surface area contributed by atoms with E-state index in [1.165, 1.54) is 0 Å². The summed E-state index contributed by atoms with van der Waals surface area (Å²) in [7, 11) is 0. The Labute approximate surface area is 106 Å². The summed E-state index contributed by atoms with van der Waals surface area (Å²) in [5, 5.41) is 11.5. The number of para-hydroxylation sites is 1. The van der Waals surface area contributed by atoms with Gasteiger partial charge >= 0.3 is 0 Å². The average molecular weight is 244 g/mol. The number of fused-ring (bicyclic) bond motifs is 1. The van der Waals surface area contributed by atoms with Gasteiger partial charge in [0.15, 0.2) is 0 Å². The van der Waals surface area contributed by atoms with Crippen LogP contribution in [0.1, 0.15) is 12.8 Å². The van der Waals surface area contributed by atoms with E-state index in [-0.39, 0.29) is 0 Å². The predicted octanol–water partition coefficient (Wildman–Crippen LogP) is 1.86. The summed E-state index contributed by atoms with van der Waals surface area (Å²) in [5.74, 6) is 1.26. The van der Waals surface area contributed by atoms with E-state index in [0.29, 0.717) is 11.9 Å². The Balaban J connectivity index is 1.66. The van der Waals surface area contributed by atoms with Gasteiger partial charge in [-0.15, -0.1) is 10.2 Å². The van der Waals surface area contributed by atoms with Crippen molar-refractivity contribution in [2.45, 2.75) is 12.8 Å². The fraction of sp³-hybridized carbons (Fsp3) is 0.462. The molecule has 3 rings (SSSR count). The van der Waals surface area contributed by atoms with Crippen LogP contribution in [0.5, 0.6) is 0 Å². The molecule has 0 aliphatic carbocycles. The fourth-order valence-corrected chi connectivity index (χ4v) is 2.14. The van der Waals surface area contributed by atoms with Crippen molar-refractivity contribution < 1.29 is 4.74 Å². The average Bonchev–Trinajstić information content (AvgIpc) is 2.46. The molecule has 1 aliphatic heterocycles. The maximum atomic E-state index is 5.34. The summed E-state index contributed by atoms with van der Waals surface area (Å²) < 4.78 is 5.34. The van der Waals surface area contributed by atoms with Crippen LogP contribution in [0.3, 0.4) is 0 Å². The molecule has 0 saturated carbocycles. The number of anilines is 1. The molecule has 0 unspecified atom stereocenters. The van der Waals surface area contributed by atoms with Gasteiger partial charge in [0.2, 0.25) is 5.95 Å². The van der Waals surface area contributed by atoms with Gasteiger partial charge in [0.05, 0.1) is 5.52 Å². The number of nitrogens with zero attached hydrogens (tertiary/aromatic N) is 3. The summed E-state index contributed by atoms with van der Waals surface area (Å²) in [6.07, 6.45) is 2.21. The number of ether oxygens (including phenoxy) is 1. The lowest BCUT2D eigenvalue weighted by molar-refractivity contribution is 0.0699. The molecule has 5 nitrogen and oxygen atoms in total. The van der Waals surface area contributed by atoms with Crippen molar-refractivity contribution >= 4 is 17.0 Å². The van der Waals surface area contributed by atoms with Crippen LogP contribution in [-0.2, 0) is 4.74 Å². The van der Waals surface area contributed by atoms with Crippen molar-refractivity contribution in [1.29, 1.82) is 0 Å². The largest absolute Gasteiger partial charge is 0.381 e. The molecule has 5 heteroatoms. The van der Waals surface area contributed by atoms with E-state index in [9.17, 15) is 0 Å². The van der Waals surface area contributed by atoms with Gasteiger partial charge < -0.3 is 10.1 Å². The van der Waals surface area contributed by atoms with Crippen LogP contribution >= 0.6 is 0 Å². The van der Waals surface area contributed by atoms with Crippen molar-refractivity contribution in [3.8, 4) is 0 Å².